The van der Waals surface area contributed by atoms with Crippen LogP contribution in [0.3, 0.4) is 0 Å². The third kappa shape index (κ3) is 3.36. The first-order valence-electron chi connectivity index (χ1n) is 6.43. The second-order valence-corrected chi connectivity index (χ2v) is 5.96. The van der Waals surface area contributed by atoms with Gasteiger partial charge in [-0.2, -0.15) is 0 Å². The summed E-state index contributed by atoms with van der Waals surface area (Å²) in [4.78, 5) is 17.2. The van der Waals surface area contributed by atoms with Gasteiger partial charge in [0.05, 0.1) is 0 Å². The van der Waals surface area contributed by atoms with E-state index in [0.717, 1.165) is 21.8 Å². The molecular weight excluding hydrogens is 272 g/mol. The molecule has 0 saturated heterocycles. The van der Waals surface area contributed by atoms with Gasteiger partial charge in [0.15, 0.2) is 11.2 Å². The summed E-state index contributed by atoms with van der Waals surface area (Å²) in [6.45, 7) is 7.69. The summed E-state index contributed by atoms with van der Waals surface area (Å²) < 4.78 is 5.73. The van der Waals surface area contributed by atoms with Crippen LogP contribution >= 0.6 is 11.3 Å². The number of thiazole rings is 1. The molecule has 0 radical (unpaired) electrons. The highest BCUT2D eigenvalue weighted by Gasteiger charge is 2.17. The molecular formula is C15H18N2O2S. The van der Waals surface area contributed by atoms with Crippen molar-refractivity contribution in [2.45, 2.75) is 33.8 Å². The average Bonchev–Trinajstić information content (AvgIpc) is 2.80. The highest BCUT2D eigenvalue weighted by Crippen LogP contribution is 2.22. The molecule has 20 heavy (non-hydrogen) atoms. The lowest BCUT2D eigenvalue weighted by Crippen LogP contribution is -2.30. The highest BCUT2D eigenvalue weighted by molar-refractivity contribution is 7.15. The maximum Gasteiger partial charge on any atom is 0.266 e. The number of rotatable bonds is 4. The minimum absolute atomic E-state index is 0.194. The minimum atomic E-state index is -0.570. The summed E-state index contributed by atoms with van der Waals surface area (Å²) in [7, 11) is 0. The maximum atomic E-state index is 12.1. The molecule has 1 aromatic carbocycles. The fourth-order valence-electron chi connectivity index (χ4n) is 1.72. The molecule has 106 valence electrons. The Morgan fingerprint density at radius 2 is 2.10 bits per heavy atom. The van der Waals surface area contributed by atoms with Crippen LogP contribution in [-0.2, 0) is 4.79 Å². The van der Waals surface area contributed by atoms with Crippen molar-refractivity contribution >= 4 is 22.4 Å². The van der Waals surface area contributed by atoms with Gasteiger partial charge in [0, 0.05) is 11.1 Å². The van der Waals surface area contributed by atoms with E-state index in [9.17, 15) is 4.79 Å². The Labute approximate surface area is 122 Å². The molecule has 2 rings (SSSR count). The van der Waals surface area contributed by atoms with E-state index >= 15 is 0 Å². The molecule has 1 atom stereocenters. The molecule has 1 N–H and O–H groups in total. The lowest BCUT2D eigenvalue weighted by molar-refractivity contribution is -0.122. The van der Waals surface area contributed by atoms with Crippen LogP contribution in [0.25, 0.3) is 0 Å². The maximum absolute atomic E-state index is 12.1. The Bertz CT molecular complexity index is 622. The van der Waals surface area contributed by atoms with Crippen LogP contribution in [0.1, 0.15) is 22.9 Å². The van der Waals surface area contributed by atoms with Gasteiger partial charge in [-0.05, 0) is 44.9 Å². The minimum Gasteiger partial charge on any atom is -0.481 e. The van der Waals surface area contributed by atoms with E-state index in [1.54, 1.807) is 13.1 Å². The number of benzene rings is 1. The molecule has 0 spiro atoms. The lowest BCUT2D eigenvalue weighted by Gasteiger charge is -2.16. The Balaban J connectivity index is 2.02. The van der Waals surface area contributed by atoms with Gasteiger partial charge in [-0.25, -0.2) is 4.98 Å². The number of carbonyl (C=O) groups excluding carboxylic acids is 1. The molecule has 0 fully saturated rings. The van der Waals surface area contributed by atoms with Crippen molar-refractivity contribution in [3.8, 4) is 5.75 Å². The zero-order valence-corrected chi connectivity index (χ0v) is 12.9. The van der Waals surface area contributed by atoms with Gasteiger partial charge in [0.1, 0.15) is 5.75 Å². The van der Waals surface area contributed by atoms with Crippen LogP contribution in [0.2, 0.25) is 0 Å². The van der Waals surface area contributed by atoms with Crippen LogP contribution in [0, 0.1) is 20.8 Å². The van der Waals surface area contributed by atoms with Gasteiger partial charge in [0.25, 0.3) is 5.91 Å². The van der Waals surface area contributed by atoms with Crippen molar-refractivity contribution in [1.82, 2.24) is 4.98 Å². The second-order valence-electron chi connectivity index (χ2n) is 4.72. The molecule has 5 heteroatoms. The number of aryl methyl sites for hydroxylation is 2. The SMILES string of the molecule is Cc1cnc(NC(=O)[C@H](C)Oc2cccc(C)c2C)s1. The Kier molecular flexibility index (Phi) is 4.39. The monoisotopic (exact) mass is 290 g/mol. The van der Waals surface area contributed by atoms with Crippen molar-refractivity contribution in [3.63, 3.8) is 0 Å². The third-order valence-electron chi connectivity index (χ3n) is 3.08. The van der Waals surface area contributed by atoms with Crippen molar-refractivity contribution in [2.24, 2.45) is 0 Å². The molecule has 0 aliphatic carbocycles. The largest absolute Gasteiger partial charge is 0.481 e. The number of hydrogen-bond donors (Lipinski definition) is 1. The van der Waals surface area contributed by atoms with Crippen molar-refractivity contribution in [1.29, 1.82) is 0 Å². The average molecular weight is 290 g/mol. The predicted octanol–water partition coefficient (Wildman–Crippen LogP) is 3.47. The normalized spacial score (nSPS) is 12.0. The number of ether oxygens (including phenoxy) is 1. The number of nitrogens with one attached hydrogen (secondary N) is 1. The molecule has 2 aromatic rings. The smallest absolute Gasteiger partial charge is 0.266 e. The summed E-state index contributed by atoms with van der Waals surface area (Å²) in [6.07, 6.45) is 1.16. The van der Waals surface area contributed by atoms with Crippen LogP contribution in [-0.4, -0.2) is 17.0 Å². The molecule has 1 aromatic heterocycles. The van der Waals surface area contributed by atoms with Crippen LogP contribution < -0.4 is 10.1 Å². The Hall–Kier alpha value is -1.88. The topological polar surface area (TPSA) is 51.2 Å². The number of anilines is 1. The zero-order chi connectivity index (χ0) is 14.7. The first kappa shape index (κ1) is 14.5. The summed E-state index contributed by atoms with van der Waals surface area (Å²) in [5, 5.41) is 3.36. The number of amides is 1. The van der Waals surface area contributed by atoms with Gasteiger partial charge in [-0.1, -0.05) is 12.1 Å². The molecule has 0 aliphatic rings. The predicted molar refractivity (Wildman–Crippen MR) is 81.5 cm³/mol. The molecule has 1 heterocycles. The Morgan fingerprint density at radius 1 is 1.35 bits per heavy atom. The number of carbonyl (C=O) groups is 1. The first-order valence-corrected chi connectivity index (χ1v) is 7.25. The van der Waals surface area contributed by atoms with Crippen LogP contribution in [0.4, 0.5) is 5.13 Å². The van der Waals surface area contributed by atoms with Gasteiger partial charge in [-0.15, -0.1) is 11.3 Å². The Morgan fingerprint density at radius 3 is 2.75 bits per heavy atom. The first-order chi connectivity index (χ1) is 9.47. The molecule has 1 amide bonds. The summed E-state index contributed by atoms with van der Waals surface area (Å²) in [5.74, 6) is 0.545. The summed E-state index contributed by atoms with van der Waals surface area (Å²) >= 11 is 1.45. The summed E-state index contributed by atoms with van der Waals surface area (Å²) in [6, 6.07) is 5.82. The molecule has 0 aliphatic heterocycles. The van der Waals surface area contributed by atoms with E-state index in [4.69, 9.17) is 4.74 Å². The van der Waals surface area contributed by atoms with Gasteiger partial charge < -0.3 is 4.74 Å². The fraction of sp³-hybridized carbons (Fsp3) is 0.333. The zero-order valence-electron chi connectivity index (χ0n) is 12.1. The van der Waals surface area contributed by atoms with E-state index < -0.39 is 6.10 Å². The standard InChI is InChI=1S/C15H18N2O2S/c1-9-6-5-7-13(11(9)3)19-12(4)14(18)17-15-16-8-10(2)20-15/h5-8,12H,1-4H3,(H,16,17,18)/t12-/m0/s1. The third-order valence-corrected chi connectivity index (χ3v) is 3.91. The van der Waals surface area contributed by atoms with Crippen molar-refractivity contribution in [2.75, 3.05) is 5.32 Å². The van der Waals surface area contributed by atoms with Gasteiger partial charge in [-0.3, -0.25) is 10.1 Å². The van der Waals surface area contributed by atoms with Crippen molar-refractivity contribution in [3.05, 3.63) is 40.4 Å². The molecule has 0 bridgehead atoms. The van der Waals surface area contributed by atoms with Crippen LogP contribution in [0.15, 0.2) is 24.4 Å². The highest BCUT2D eigenvalue weighted by atomic mass is 32.1. The number of aromatic nitrogens is 1. The number of hydrogen-bond acceptors (Lipinski definition) is 4. The molecule has 0 saturated carbocycles. The van der Waals surface area contributed by atoms with E-state index in [1.807, 2.05) is 39.0 Å². The summed E-state index contributed by atoms with van der Waals surface area (Å²) in [5.41, 5.74) is 2.20. The van der Waals surface area contributed by atoms with E-state index in [1.165, 1.54) is 11.3 Å². The van der Waals surface area contributed by atoms with Crippen molar-refractivity contribution < 1.29 is 9.53 Å². The van der Waals surface area contributed by atoms with Gasteiger partial charge >= 0.3 is 0 Å². The van der Waals surface area contributed by atoms with E-state index in [-0.39, 0.29) is 5.91 Å². The molecule has 4 nitrogen and oxygen atoms in total. The molecule has 0 unspecified atom stereocenters. The van der Waals surface area contributed by atoms with E-state index in [2.05, 4.69) is 10.3 Å². The number of nitrogens with zero attached hydrogens (tertiary/aromatic N) is 1. The van der Waals surface area contributed by atoms with Gasteiger partial charge in [0.2, 0.25) is 0 Å². The quantitative estimate of drug-likeness (QED) is 0.938. The lowest BCUT2D eigenvalue weighted by atomic mass is 10.1. The fourth-order valence-corrected chi connectivity index (χ4v) is 2.38. The second kappa shape index (κ2) is 6.05. The van der Waals surface area contributed by atoms with Crippen LogP contribution in [0.5, 0.6) is 5.75 Å². The van der Waals surface area contributed by atoms with E-state index in [0.29, 0.717) is 5.13 Å².